The van der Waals surface area contributed by atoms with Crippen LogP contribution in [0, 0.1) is 0 Å². The third-order valence-electron chi connectivity index (χ3n) is 3.02. The zero-order chi connectivity index (χ0) is 16.1. The monoisotopic (exact) mass is 298 g/mol. The van der Waals surface area contributed by atoms with Crippen LogP contribution in [-0.4, -0.2) is 47.8 Å². The molecule has 0 aliphatic heterocycles. The minimum absolute atomic E-state index is 0.00147. The number of carbonyl (C=O) groups excluding carboxylic acids is 1. The van der Waals surface area contributed by atoms with E-state index in [0.29, 0.717) is 23.4 Å². The number of phenols is 2. The minimum Gasteiger partial charge on any atom is -0.508 e. The van der Waals surface area contributed by atoms with Crippen molar-refractivity contribution in [2.45, 2.75) is 0 Å². The van der Waals surface area contributed by atoms with Crippen LogP contribution in [-0.2, 0) is 0 Å². The largest absolute Gasteiger partial charge is 0.508 e. The second-order valence-corrected chi connectivity index (χ2v) is 5.21. The number of phenolic OH excluding ortho intramolecular Hbond substituents is 2. The lowest BCUT2D eigenvalue weighted by molar-refractivity contribution is 0.0958. The first-order valence-electron chi connectivity index (χ1n) is 6.80. The van der Waals surface area contributed by atoms with Gasteiger partial charge in [-0.3, -0.25) is 9.79 Å². The molecule has 0 bridgehead atoms. The van der Waals surface area contributed by atoms with E-state index in [0.717, 1.165) is 0 Å². The summed E-state index contributed by atoms with van der Waals surface area (Å²) in [4.78, 5) is 17.9. The number of carbonyl (C=O) groups is 1. The van der Waals surface area contributed by atoms with Gasteiger partial charge in [0.15, 0.2) is 5.78 Å². The Morgan fingerprint density at radius 3 is 2.41 bits per heavy atom. The summed E-state index contributed by atoms with van der Waals surface area (Å²) in [6, 6.07) is 11.3. The maximum atomic E-state index is 11.9. The molecule has 0 atom stereocenters. The topological polar surface area (TPSA) is 73.1 Å². The molecule has 2 N–H and O–H groups in total. The Hall–Kier alpha value is -2.66. The van der Waals surface area contributed by atoms with Crippen molar-refractivity contribution in [1.29, 1.82) is 0 Å². The molecule has 0 heterocycles. The van der Waals surface area contributed by atoms with E-state index in [1.807, 2.05) is 19.0 Å². The maximum absolute atomic E-state index is 11.9. The molecule has 5 nitrogen and oxygen atoms in total. The average Bonchev–Trinajstić information content (AvgIpc) is 2.46. The third-order valence-corrected chi connectivity index (χ3v) is 3.02. The zero-order valence-electron chi connectivity index (χ0n) is 12.5. The van der Waals surface area contributed by atoms with Gasteiger partial charge in [0.05, 0.1) is 12.2 Å². The highest BCUT2D eigenvalue weighted by Crippen LogP contribution is 2.22. The van der Waals surface area contributed by atoms with Crippen molar-refractivity contribution >= 4 is 17.7 Å². The van der Waals surface area contributed by atoms with Crippen molar-refractivity contribution in [2.24, 2.45) is 4.99 Å². The van der Waals surface area contributed by atoms with Crippen LogP contribution in [0.3, 0.4) is 0 Å². The Balaban J connectivity index is 2.11. The van der Waals surface area contributed by atoms with Gasteiger partial charge >= 0.3 is 0 Å². The normalized spacial score (nSPS) is 11.2. The first-order valence-corrected chi connectivity index (χ1v) is 6.80. The molecule has 0 saturated carbocycles. The summed E-state index contributed by atoms with van der Waals surface area (Å²) in [6.07, 6.45) is 1.51. The molecule has 0 aliphatic rings. The van der Waals surface area contributed by atoms with E-state index in [1.54, 1.807) is 30.3 Å². The van der Waals surface area contributed by atoms with Crippen molar-refractivity contribution in [1.82, 2.24) is 4.90 Å². The van der Waals surface area contributed by atoms with E-state index in [2.05, 4.69) is 4.99 Å². The van der Waals surface area contributed by atoms with E-state index in [4.69, 9.17) is 0 Å². The maximum Gasteiger partial charge on any atom is 0.176 e. The van der Waals surface area contributed by atoms with E-state index in [1.165, 1.54) is 18.3 Å². The first kappa shape index (κ1) is 15.7. The fourth-order valence-electron chi connectivity index (χ4n) is 1.90. The van der Waals surface area contributed by atoms with Crippen LogP contribution in [0.1, 0.15) is 15.9 Å². The van der Waals surface area contributed by atoms with Gasteiger partial charge in [0, 0.05) is 23.4 Å². The first-order chi connectivity index (χ1) is 10.5. The number of hydrogen-bond donors (Lipinski definition) is 2. The number of likely N-dealkylation sites (N-methyl/N-ethyl adjacent to an activating group) is 1. The van der Waals surface area contributed by atoms with Crippen LogP contribution in [0.25, 0.3) is 0 Å². The molecule has 5 heteroatoms. The Labute approximate surface area is 129 Å². The molecule has 114 valence electrons. The lowest BCUT2D eigenvalue weighted by Gasteiger charge is -2.08. The highest BCUT2D eigenvalue weighted by molar-refractivity contribution is 5.97. The molecule has 2 aromatic carbocycles. The lowest BCUT2D eigenvalue weighted by Crippen LogP contribution is -2.21. The number of benzene rings is 2. The summed E-state index contributed by atoms with van der Waals surface area (Å²) < 4.78 is 0. The van der Waals surface area contributed by atoms with Crippen LogP contribution in [0.5, 0.6) is 11.5 Å². The van der Waals surface area contributed by atoms with Gasteiger partial charge in [0.1, 0.15) is 11.5 Å². The van der Waals surface area contributed by atoms with Gasteiger partial charge in [-0.25, -0.2) is 0 Å². The molecule has 2 rings (SSSR count). The van der Waals surface area contributed by atoms with Gasteiger partial charge in [-0.2, -0.15) is 0 Å². The van der Waals surface area contributed by atoms with Crippen LogP contribution in [0.15, 0.2) is 47.5 Å². The molecule has 0 saturated heterocycles. The van der Waals surface area contributed by atoms with Crippen LogP contribution < -0.4 is 0 Å². The van der Waals surface area contributed by atoms with Crippen LogP contribution in [0.2, 0.25) is 0 Å². The predicted octanol–water partition coefficient (Wildman–Crippen LogP) is 2.59. The van der Waals surface area contributed by atoms with Gasteiger partial charge in [-0.15, -0.1) is 0 Å². The van der Waals surface area contributed by atoms with E-state index in [9.17, 15) is 15.0 Å². The summed E-state index contributed by atoms with van der Waals surface area (Å²) in [7, 11) is 3.70. The summed E-state index contributed by atoms with van der Waals surface area (Å²) in [5, 5.41) is 18.9. The second kappa shape index (κ2) is 6.87. The van der Waals surface area contributed by atoms with Gasteiger partial charge in [-0.05, 0) is 50.5 Å². The smallest absolute Gasteiger partial charge is 0.176 e. The highest BCUT2D eigenvalue weighted by atomic mass is 16.3. The van der Waals surface area contributed by atoms with Crippen molar-refractivity contribution in [2.75, 3.05) is 20.6 Å². The molecule has 0 fully saturated rings. The zero-order valence-corrected chi connectivity index (χ0v) is 12.5. The molecule has 0 radical (unpaired) electrons. The molecule has 22 heavy (non-hydrogen) atoms. The van der Waals surface area contributed by atoms with Crippen molar-refractivity contribution < 1.29 is 15.0 Å². The Bertz CT molecular complexity index is 692. The molecule has 0 amide bonds. The summed E-state index contributed by atoms with van der Waals surface area (Å²) >= 11 is 0. The summed E-state index contributed by atoms with van der Waals surface area (Å²) in [6.45, 7) is 0.365. The fraction of sp³-hybridized carbons (Fsp3) is 0.176. The van der Waals surface area contributed by atoms with Gasteiger partial charge in [0.2, 0.25) is 0 Å². The Morgan fingerprint density at radius 2 is 1.82 bits per heavy atom. The molecule has 0 spiro atoms. The standard InChI is InChI=1S/C17H18N2O3/c1-19(2)11-17(22)12-3-6-14(7-4-12)18-10-13-5-8-15(20)9-16(13)21/h3-10,20-21H,11H2,1-2H3. The molecule has 0 unspecified atom stereocenters. The lowest BCUT2D eigenvalue weighted by atomic mass is 10.1. The third kappa shape index (κ3) is 4.17. The number of Topliss-reactive ketones (excluding diaryl/α,β-unsaturated/α-hetero) is 1. The number of aromatic hydroxyl groups is 2. The van der Waals surface area contributed by atoms with E-state index in [-0.39, 0.29) is 17.3 Å². The van der Waals surface area contributed by atoms with E-state index < -0.39 is 0 Å². The highest BCUT2D eigenvalue weighted by Gasteiger charge is 2.06. The van der Waals surface area contributed by atoms with E-state index >= 15 is 0 Å². The molecule has 2 aromatic rings. The van der Waals surface area contributed by atoms with Gasteiger partial charge < -0.3 is 15.1 Å². The quantitative estimate of drug-likeness (QED) is 0.657. The SMILES string of the molecule is CN(C)CC(=O)c1ccc(N=Cc2ccc(O)cc2O)cc1. The van der Waals surface area contributed by atoms with Crippen LogP contribution in [0.4, 0.5) is 5.69 Å². The Kier molecular flexibility index (Phi) is 4.91. The number of rotatable bonds is 5. The molecular formula is C17H18N2O3. The molecular weight excluding hydrogens is 280 g/mol. The average molecular weight is 298 g/mol. The van der Waals surface area contributed by atoms with Gasteiger partial charge in [-0.1, -0.05) is 0 Å². The van der Waals surface area contributed by atoms with Gasteiger partial charge in [0.25, 0.3) is 0 Å². The predicted molar refractivity (Wildman–Crippen MR) is 86.4 cm³/mol. The summed E-state index contributed by atoms with van der Waals surface area (Å²) in [5.41, 5.74) is 1.82. The Morgan fingerprint density at radius 1 is 1.14 bits per heavy atom. The number of nitrogens with zero attached hydrogens (tertiary/aromatic N) is 2. The molecule has 0 aliphatic carbocycles. The fourth-order valence-corrected chi connectivity index (χ4v) is 1.90. The number of hydrogen-bond acceptors (Lipinski definition) is 5. The van der Waals surface area contributed by atoms with Crippen molar-refractivity contribution in [3.63, 3.8) is 0 Å². The van der Waals surface area contributed by atoms with Crippen molar-refractivity contribution in [3.05, 3.63) is 53.6 Å². The van der Waals surface area contributed by atoms with Crippen molar-refractivity contribution in [3.8, 4) is 11.5 Å². The van der Waals surface area contributed by atoms with Crippen LogP contribution >= 0.6 is 0 Å². The number of ketones is 1. The number of aliphatic imine (C=N–C) groups is 1. The minimum atomic E-state index is -0.0402. The molecule has 0 aromatic heterocycles. The second-order valence-electron chi connectivity index (χ2n) is 5.21. The summed E-state index contributed by atoms with van der Waals surface area (Å²) in [5.74, 6) is 0.0108.